The van der Waals surface area contributed by atoms with Gasteiger partial charge in [0.2, 0.25) is 10.0 Å². The lowest BCUT2D eigenvalue weighted by Crippen LogP contribution is -2.51. The fourth-order valence-electron chi connectivity index (χ4n) is 4.35. The van der Waals surface area contributed by atoms with Gasteiger partial charge in [-0.25, -0.2) is 13.6 Å². The van der Waals surface area contributed by atoms with Crippen molar-refractivity contribution in [3.63, 3.8) is 0 Å². The zero-order valence-corrected chi connectivity index (χ0v) is 19.1. The summed E-state index contributed by atoms with van der Waals surface area (Å²) in [4.78, 5) is 25.4. The van der Waals surface area contributed by atoms with Gasteiger partial charge in [0.25, 0.3) is 5.69 Å². The number of nitro groups is 1. The first-order valence-corrected chi connectivity index (χ1v) is 12.1. The summed E-state index contributed by atoms with van der Waals surface area (Å²) in [5, 5.41) is 16.7. The summed E-state index contributed by atoms with van der Waals surface area (Å²) >= 11 is 0. The number of rotatable bonds is 5. The first kappa shape index (κ1) is 23.0. The molecular weight excluding hydrogens is 450 g/mol. The number of fused-ring (bicyclic) bond motifs is 1. The molecule has 176 valence electrons. The number of ketones is 1. The van der Waals surface area contributed by atoms with Crippen LogP contribution in [0.3, 0.4) is 0 Å². The molecule has 1 fully saturated rings. The van der Waals surface area contributed by atoms with Crippen molar-refractivity contribution in [3.8, 4) is 11.5 Å². The molecule has 1 saturated heterocycles. The fourth-order valence-corrected chi connectivity index (χ4v) is 4.88. The molecule has 0 radical (unpaired) electrons. The summed E-state index contributed by atoms with van der Waals surface area (Å²) < 4.78 is 35.1. The van der Waals surface area contributed by atoms with Gasteiger partial charge in [-0.2, -0.15) is 0 Å². The highest BCUT2D eigenvalue weighted by molar-refractivity contribution is 7.89. The number of hydrogen-bond acceptors (Lipinski definition) is 8. The minimum atomic E-state index is -4.06. The Kier molecular flexibility index (Phi) is 5.79. The van der Waals surface area contributed by atoms with Gasteiger partial charge in [0.1, 0.15) is 22.8 Å². The van der Waals surface area contributed by atoms with Crippen molar-refractivity contribution in [2.75, 3.05) is 18.0 Å². The molecule has 2 N–H and O–H groups in total. The van der Waals surface area contributed by atoms with E-state index in [0.717, 1.165) is 6.07 Å². The van der Waals surface area contributed by atoms with E-state index in [-0.39, 0.29) is 28.9 Å². The lowest BCUT2D eigenvalue weighted by atomic mass is 9.82. The highest BCUT2D eigenvalue weighted by atomic mass is 32.2. The molecule has 2 aliphatic rings. The van der Waals surface area contributed by atoms with Crippen molar-refractivity contribution in [2.24, 2.45) is 5.14 Å². The fraction of sp³-hybridized carbons (Fsp3) is 0.409. The molecular formula is C22H25N3O7S. The third kappa shape index (κ3) is 4.64. The second kappa shape index (κ2) is 8.31. The van der Waals surface area contributed by atoms with Gasteiger partial charge in [0.05, 0.1) is 27.9 Å². The number of ether oxygens (including phenoxy) is 2. The highest BCUT2D eigenvalue weighted by Crippen LogP contribution is 2.42. The number of sulfonamides is 1. The van der Waals surface area contributed by atoms with E-state index in [1.807, 2.05) is 13.8 Å². The molecule has 4 rings (SSSR count). The van der Waals surface area contributed by atoms with E-state index in [2.05, 4.69) is 0 Å². The minimum Gasteiger partial charge on any atom is -0.491 e. The second-order valence-corrected chi connectivity index (χ2v) is 10.2. The Morgan fingerprint density at radius 2 is 1.88 bits per heavy atom. The average molecular weight is 476 g/mol. The molecule has 0 bridgehead atoms. The summed E-state index contributed by atoms with van der Waals surface area (Å²) in [5.74, 6) is 1.10. The van der Waals surface area contributed by atoms with Crippen molar-refractivity contribution in [1.82, 2.24) is 0 Å². The molecule has 11 heteroatoms. The lowest BCUT2D eigenvalue weighted by Gasteiger charge is -2.44. The Morgan fingerprint density at radius 3 is 2.48 bits per heavy atom. The maximum Gasteiger partial charge on any atom is 0.293 e. The van der Waals surface area contributed by atoms with Gasteiger partial charge in [-0.1, -0.05) is 0 Å². The molecule has 0 saturated carbocycles. The summed E-state index contributed by atoms with van der Waals surface area (Å²) in [5.41, 5.74) is -0.215. The summed E-state index contributed by atoms with van der Waals surface area (Å²) in [7, 11) is -4.06. The van der Waals surface area contributed by atoms with Crippen LogP contribution in [0.5, 0.6) is 11.5 Å². The van der Waals surface area contributed by atoms with Crippen molar-refractivity contribution >= 4 is 27.2 Å². The van der Waals surface area contributed by atoms with Crippen LogP contribution in [-0.4, -0.2) is 43.9 Å². The van der Waals surface area contributed by atoms with Crippen LogP contribution in [-0.2, 0) is 10.0 Å². The maximum absolute atomic E-state index is 12.9. The van der Waals surface area contributed by atoms with E-state index in [0.29, 0.717) is 48.7 Å². The van der Waals surface area contributed by atoms with Gasteiger partial charge >= 0.3 is 0 Å². The molecule has 0 aliphatic carbocycles. The number of carbonyl (C=O) groups excluding carboxylic acids is 1. The van der Waals surface area contributed by atoms with Gasteiger partial charge in [-0.15, -0.1) is 0 Å². The predicted molar refractivity (Wildman–Crippen MR) is 120 cm³/mol. The number of carbonyl (C=O) groups is 1. The Hall–Kier alpha value is -3.18. The third-order valence-corrected chi connectivity index (χ3v) is 6.83. The number of nitro benzene ring substituents is 1. The first-order valence-electron chi connectivity index (χ1n) is 10.6. The number of primary sulfonamides is 1. The molecule has 0 atom stereocenters. The summed E-state index contributed by atoms with van der Waals surface area (Å²) in [6.45, 7) is 4.64. The normalized spacial score (nSPS) is 17.6. The quantitative estimate of drug-likeness (QED) is 0.514. The number of benzene rings is 2. The number of nitrogens with two attached hydrogens (primary N) is 1. The van der Waals surface area contributed by atoms with Crippen LogP contribution in [0.25, 0.3) is 0 Å². The first-order chi connectivity index (χ1) is 15.5. The van der Waals surface area contributed by atoms with E-state index < -0.39 is 20.5 Å². The zero-order valence-electron chi connectivity index (χ0n) is 18.3. The van der Waals surface area contributed by atoms with E-state index in [9.17, 15) is 23.3 Å². The molecule has 2 aromatic carbocycles. The smallest absolute Gasteiger partial charge is 0.293 e. The van der Waals surface area contributed by atoms with Crippen LogP contribution in [0.2, 0.25) is 0 Å². The Balaban J connectivity index is 1.54. The Morgan fingerprint density at radius 1 is 1.18 bits per heavy atom. The van der Waals surface area contributed by atoms with Gasteiger partial charge < -0.3 is 14.4 Å². The standard InChI is InChI=1S/C22H25N3O7S/c1-14(2)31-15-3-6-21-17(11-15)20(26)13-22(32-21)7-9-24(10-8-22)18-5-4-16(33(23,29)30)12-19(18)25(27)28/h3-6,11-12,14H,7-10,13H2,1-2H3,(H2,23,29,30). The Labute approximate surface area is 191 Å². The Bertz CT molecular complexity index is 1220. The van der Waals surface area contributed by atoms with E-state index >= 15 is 0 Å². The molecule has 2 aromatic rings. The number of anilines is 1. The van der Waals surface area contributed by atoms with Crippen molar-refractivity contribution in [3.05, 3.63) is 52.1 Å². The van der Waals surface area contributed by atoms with Crippen LogP contribution in [0, 0.1) is 10.1 Å². The molecule has 1 spiro atoms. The van der Waals surface area contributed by atoms with Crippen LogP contribution in [0.4, 0.5) is 11.4 Å². The van der Waals surface area contributed by atoms with Gasteiger partial charge in [0, 0.05) is 32.0 Å². The van der Waals surface area contributed by atoms with Crippen LogP contribution >= 0.6 is 0 Å². The number of Topliss-reactive ketones (excluding diaryl/α,β-unsaturated/α-hetero) is 1. The third-order valence-electron chi connectivity index (χ3n) is 5.92. The molecule has 0 aromatic heterocycles. The molecule has 10 nitrogen and oxygen atoms in total. The van der Waals surface area contributed by atoms with Crippen molar-refractivity contribution in [2.45, 2.75) is 49.7 Å². The van der Waals surface area contributed by atoms with Crippen LogP contribution in [0.15, 0.2) is 41.3 Å². The molecule has 0 unspecified atom stereocenters. The SMILES string of the molecule is CC(C)Oc1ccc2c(c1)C(=O)CC1(CCN(c3ccc(S(N)(=O)=O)cc3[N+](=O)[O-])CC1)O2. The molecule has 33 heavy (non-hydrogen) atoms. The highest BCUT2D eigenvalue weighted by Gasteiger charge is 2.43. The molecule has 2 aliphatic heterocycles. The van der Waals surface area contributed by atoms with Gasteiger partial charge in [0.15, 0.2) is 5.78 Å². The van der Waals surface area contributed by atoms with E-state index in [1.54, 1.807) is 23.1 Å². The minimum absolute atomic E-state index is 0.0126. The van der Waals surface area contributed by atoms with Crippen molar-refractivity contribution < 1.29 is 27.6 Å². The molecule has 2 heterocycles. The molecule has 0 amide bonds. The zero-order chi connectivity index (χ0) is 24.0. The summed E-state index contributed by atoms with van der Waals surface area (Å²) in [6, 6.07) is 8.86. The maximum atomic E-state index is 12.9. The largest absolute Gasteiger partial charge is 0.491 e. The monoisotopic (exact) mass is 475 g/mol. The number of piperidine rings is 1. The van der Waals surface area contributed by atoms with E-state index in [4.69, 9.17) is 14.6 Å². The second-order valence-electron chi connectivity index (χ2n) is 8.65. The lowest BCUT2D eigenvalue weighted by molar-refractivity contribution is -0.384. The van der Waals surface area contributed by atoms with Gasteiger partial charge in [-0.3, -0.25) is 14.9 Å². The number of hydrogen-bond donors (Lipinski definition) is 1. The summed E-state index contributed by atoms with van der Waals surface area (Å²) in [6.07, 6.45) is 1.17. The van der Waals surface area contributed by atoms with Crippen LogP contribution in [0.1, 0.15) is 43.5 Å². The van der Waals surface area contributed by atoms with Crippen molar-refractivity contribution in [1.29, 1.82) is 0 Å². The topological polar surface area (TPSA) is 142 Å². The van der Waals surface area contributed by atoms with E-state index in [1.165, 1.54) is 12.1 Å². The number of nitrogens with zero attached hydrogens (tertiary/aromatic N) is 2. The average Bonchev–Trinajstić information content (AvgIpc) is 2.73. The van der Waals surface area contributed by atoms with Gasteiger partial charge in [-0.05, 0) is 44.2 Å². The predicted octanol–water partition coefficient (Wildman–Crippen LogP) is 3.03. The van der Waals surface area contributed by atoms with Crippen LogP contribution < -0.4 is 19.5 Å².